The van der Waals surface area contributed by atoms with Crippen LogP contribution >= 0.6 is 0 Å². The highest BCUT2D eigenvalue weighted by Crippen LogP contribution is 2.26. The zero-order chi connectivity index (χ0) is 22.3. The number of hydrazone groups is 1. The molecule has 4 aromatic rings. The first-order valence-electron chi connectivity index (χ1n) is 10.4. The van der Waals surface area contributed by atoms with E-state index in [0.29, 0.717) is 11.5 Å². The van der Waals surface area contributed by atoms with E-state index in [1.54, 1.807) is 20.2 Å². The Kier molecular flexibility index (Phi) is 6.46. The second-order valence-electron chi connectivity index (χ2n) is 7.29. The Morgan fingerprint density at radius 3 is 2.31 bits per heavy atom. The number of hydrogen-bond acceptors (Lipinski definition) is 4. The maximum Gasteiger partial charge on any atom is 0.280 e. The van der Waals surface area contributed by atoms with Gasteiger partial charge >= 0.3 is 0 Å². The van der Waals surface area contributed by atoms with Gasteiger partial charge in [-0.2, -0.15) is 5.10 Å². The fourth-order valence-electron chi connectivity index (χ4n) is 3.45. The minimum absolute atomic E-state index is 0.340. The van der Waals surface area contributed by atoms with Crippen molar-refractivity contribution in [2.75, 3.05) is 7.11 Å². The third kappa shape index (κ3) is 4.78. The lowest BCUT2D eigenvalue weighted by molar-refractivity contribution is -0.127. The molecule has 5 heteroatoms. The predicted molar refractivity (Wildman–Crippen MR) is 128 cm³/mol. The average Bonchev–Trinajstić information content (AvgIpc) is 2.85. The number of carbonyl (C=O) groups is 1. The number of ether oxygens (including phenoxy) is 2. The minimum atomic E-state index is -0.705. The zero-order valence-electron chi connectivity index (χ0n) is 18.0. The second-order valence-corrected chi connectivity index (χ2v) is 7.29. The van der Waals surface area contributed by atoms with Gasteiger partial charge in [-0.15, -0.1) is 0 Å². The lowest BCUT2D eigenvalue weighted by Gasteiger charge is -2.13. The van der Waals surface area contributed by atoms with Crippen molar-refractivity contribution >= 4 is 22.9 Å². The molecule has 0 fully saturated rings. The molecule has 0 saturated heterocycles. The van der Waals surface area contributed by atoms with Gasteiger partial charge in [0, 0.05) is 5.56 Å². The minimum Gasteiger partial charge on any atom is -0.496 e. The third-order valence-corrected chi connectivity index (χ3v) is 5.16. The molecule has 1 N–H and O–H groups in total. The molecule has 0 aliphatic rings. The molecule has 1 atom stereocenters. The van der Waals surface area contributed by atoms with Gasteiger partial charge in [-0.3, -0.25) is 4.79 Å². The van der Waals surface area contributed by atoms with Crippen LogP contribution in [0.5, 0.6) is 11.5 Å². The van der Waals surface area contributed by atoms with Gasteiger partial charge in [-0.05, 0) is 47.0 Å². The molecule has 1 amide bonds. The lowest BCUT2D eigenvalue weighted by Crippen LogP contribution is -2.33. The van der Waals surface area contributed by atoms with E-state index in [-0.39, 0.29) is 5.91 Å². The molecule has 0 heterocycles. The summed E-state index contributed by atoms with van der Waals surface area (Å²) in [6, 6.07) is 29.6. The lowest BCUT2D eigenvalue weighted by atomic mass is 10.0. The van der Waals surface area contributed by atoms with Crippen molar-refractivity contribution < 1.29 is 14.3 Å². The first kappa shape index (κ1) is 21.1. The third-order valence-electron chi connectivity index (χ3n) is 5.16. The fraction of sp³-hybridized carbons (Fsp3) is 0.111. The molecular weight excluding hydrogens is 400 g/mol. The number of benzene rings is 4. The Morgan fingerprint density at radius 2 is 1.56 bits per heavy atom. The van der Waals surface area contributed by atoms with Crippen LogP contribution in [0.15, 0.2) is 96.1 Å². The molecule has 0 aliphatic heterocycles. The van der Waals surface area contributed by atoms with Crippen molar-refractivity contribution in [1.82, 2.24) is 5.43 Å². The largest absolute Gasteiger partial charge is 0.496 e. The SMILES string of the molecule is COc1ccc2ccccc2c1/C=N/NC(=O)[C@H](C)Oc1ccc(-c2ccccc2)cc1. The molecule has 5 nitrogen and oxygen atoms in total. The van der Waals surface area contributed by atoms with Crippen LogP contribution in [0, 0.1) is 0 Å². The van der Waals surface area contributed by atoms with Crippen LogP contribution in [0.1, 0.15) is 12.5 Å². The molecule has 0 saturated carbocycles. The van der Waals surface area contributed by atoms with Crippen molar-refractivity contribution in [3.8, 4) is 22.6 Å². The van der Waals surface area contributed by atoms with Gasteiger partial charge in [-0.25, -0.2) is 5.43 Å². The van der Waals surface area contributed by atoms with Gasteiger partial charge in [0.25, 0.3) is 5.91 Å². The van der Waals surface area contributed by atoms with Crippen LogP contribution in [-0.4, -0.2) is 25.3 Å². The predicted octanol–water partition coefficient (Wildman–Crippen LogP) is 5.43. The Labute approximate surface area is 187 Å². The van der Waals surface area contributed by atoms with E-state index in [2.05, 4.69) is 22.7 Å². The maximum absolute atomic E-state index is 12.5. The Bertz CT molecular complexity index is 1230. The first-order chi connectivity index (χ1) is 15.7. The number of fused-ring (bicyclic) bond motifs is 1. The molecule has 4 rings (SSSR count). The Morgan fingerprint density at radius 1 is 0.875 bits per heavy atom. The van der Waals surface area contributed by atoms with E-state index in [1.165, 1.54) is 0 Å². The molecular formula is C27H24N2O3. The Hall–Kier alpha value is -4.12. The topological polar surface area (TPSA) is 59.9 Å². The normalized spacial score (nSPS) is 11.9. The average molecular weight is 425 g/mol. The van der Waals surface area contributed by atoms with Crippen LogP contribution in [-0.2, 0) is 4.79 Å². The maximum atomic E-state index is 12.5. The molecule has 0 aromatic heterocycles. The molecule has 4 aromatic carbocycles. The summed E-state index contributed by atoms with van der Waals surface area (Å²) in [5.41, 5.74) is 5.57. The number of amides is 1. The van der Waals surface area contributed by atoms with E-state index >= 15 is 0 Å². The standard InChI is InChI=1S/C27H24N2O3/c1-19(32-23-15-12-21(13-16-23)20-8-4-3-5-9-20)27(30)29-28-18-25-24-11-7-6-10-22(24)14-17-26(25)31-2/h3-19H,1-2H3,(H,29,30)/b28-18+/t19-/m0/s1. The fourth-order valence-corrected chi connectivity index (χ4v) is 3.45. The van der Waals surface area contributed by atoms with Crippen LogP contribution < -0.4 is 14.9 Å². The van der Waals surface area contributed by atoms with E-state index in [9.17, 15) is 4.79 Å². The van der Waals surface area contributed by atoms with Gasteiger partial charge in [-0.1, -0.05) is 72.8 Å². The number of hydrogen-bond donors (Lipinski definition) is 1. The van der Waals surface area contributed by atoms with Crippen molar-refractivity contribution in [1.29, 1.82) is 0 Å². The van der Waals surface area contributed by atoms with Gasteiger partial charge in [0.15, 0.2) is 6.10 Å². The van der Waals surface area contributed by atoms with Gasteiger partial charge in [0.05, 0.1) is 13.3 Å². The quantitative estimate of drug-likeness (QED) is 0.318. The van der Waals surface area contributed by atoms with E-state index < -0.39 is 6.10 Å². The zero-order valence-corrected chi connectivity index (χ0v) is 18.0. The highest BCUT2D eigenvalue weighted by atomic mass is 16.5. The summed E-state index contributed by atoms with van der Waals surface area (Å²) in [4.78, 5) is 12.5. The van der Waals surface area contributed by atoms with Crippen molar-refractivity contribution in [3.63, 3.8) is 0 Å². The highest BCUT2D eigenvalue weighted by molar-refractivity contribution is 6.02. The molecule has 0 bridgehead atoms. The van der Waals surface area contributed by atoms with E-state index in [0.717, 1.165) is 27.5 Å². The molecule has 0 unspecified atom stereocenters. The summed E-state index contributed by atoms with van der Waals surface area (Å²) in [5, 5.41) is 6.19. The number of carbonyl (C=O) groups excluding carboxylic acids is 1. The first-order valence-corrected chi connectivity index (χ1v) is 10.4. The second kappa shape index (κ2) is 9.79. The van der Waals surface area contributed by atoms with Gasteiger partial charge in [0.2, 0.25) is 0 Å². The van der Waals surface area contributed by atoms with Gasteiger partial charge < -0.3 is 9.47 Å². The molecule has 0 aliphatic carbocycles. The van der Waals surface area contributed by atoms with E-state index in [1.807, 2.05) is 78.9 Å². The van der Waals surface area contributed by atoms with Crippen LogP contribution in [0.2, 0.25) is 0 Å². The summed E-state index contributed by atoms with van der Waals surface area (Å²) < 4.78 is 11.2. The number of methoxy groups -OCH3 is 1. The number of nitrogens with one attached hydrogen (secondary N) is 1. The summed E-state index contributed by atoms with van der Waals surface area (Å²) in [7, 11) is 1.61. The van der Waals surface area contributed by atoms with Crippen LogP contribution in [0.4, 0.5) is 0 Å². The summed E-state index contributed by atoms with van der Waals surface area (Å²) in [6.07, 6.45) is 0.893. The van der Waals surface area contributed by atoms with Crippen molar-refractivity contribution in [3.05, 3.63) is 96.6 Å². The monoisotopic (exact) mass is 424 g/mol. The van der Waals surface area contributed by atoms with Crippen LogP contribution in [0.3, 0.4) is 0 Å². The van der Waals surface area contributed by atoms with Crippen LogP contribution in [0.25, 0.3) is 21.9 Å². The Balaban J connectivity index is 1.40. The number of rotatable bonds is 7. The van der Waals surface area contributed by atoms with Crippen molar-refractivity contribution in [2.24, 2.45) is 5.10 Å². The molecule has 0 radical (unpaired) electrons. The van der Waals surface area contributed by atoms with E-state index in [4.69, 9.17) is 9.47 Å². The number of nitrogens with zero attached hydrogens (tertiary/aromatic N) is 1. The summed E-state index contributed by atoms with van der Waals surface area (Å²) in [6.45, 7) is 1.69. The molecule has 160 valence electrons. The highest BCUT2D eigenvalue weighted by Gasteiger charge is 2.14. The van der Waals surface area contributed by atoms with Gasteiger partial charge in [0.1, 0.15) is 11.5 Å². The molecule has 0 spiro atoms. The summed E-state index contributed by atoms with van der Waals surface area (Å²) in [5.74, 6) is 0.962. The molecule has 32 heavy (non-hydrogen) atoms. The summed E-state index contributed by atoms with van der Waals surface area (Å²) >= 11 is 0. The van der Waals surface area contributed by atoms with Crippen molar-refractivity contribution in [2.45, 2.75) is 13.0 Å². The smallest absolute Gasteiger partial charge is 0.280 e.